The van der Waals surface area contributed by atoms with Crippen LogP contribution in [-0.4, -0.2) is 35.4 Å². The predicted molar refractivity (Wildman–Crippen MR) is 86.8 cm³/mol. The fourth-order valence-electron chi connectivity index (χ4n) is 2.15. The first-order chi connectivity index (χ1) is 11.1. The molecule has 0 aliphatic rings. The van der Waals surface area contributed by atoms with Gasteiger partial charge in [0, 0.05) is 18.3 Å². The third-order valence-electron chi connectivity index (χ3n) is 3.48. The number of hydrogen-bond acceptors (Lipinski definition) is 4. The molecule has 0 unspecified atom stereocenters. The van der Waals surface area contributed by atoms with E-state index in [-0.39, 0.29) is 24.8 Å². The molecule has 0 N–H and O–H groups in total. The highest BCUT2D eigenvalue weighted by Crippen LogP contribution is 2.11. The zero-order valence-corrected chi connectivity index (χ0v) is 13.4. The normalized spacial score (nSPS) is 10.2. The minimum Gasteiger partial charge on any atom is -0.469 e. The Bertz CT molecular complexity index is 654. The summed E-state index contributed by atoms with van der Waals surface area (Å²) in [5, 5.41) is 0. The Morgan fingerprint density at radius 3 is 2.48 bits per heavy atom. The third-order valence-corrected chi connectivity index (χ3v) is 3.48. The molecule has 0 saturated carbocycles. The van der Waals surface area contributed by atoms with E-state index in [4.69, 9.17) is 0 Å². The lowest BCUT2D eigenvalue weighted by atomic mass is 10.1. The van der Waals surface area contributed by atoms with Crippen LogP contribution in [0.5, 0.6) is 0 Å². The Morgan fingerprint density at radius 1 is 1.13 bits per heavy atom. The van der Waals surface area contributed by atoms with Crippen molar-refractivity contribution in [3.8, 4) is 0 Å². The second kappa shape index (κ2) is 8.08. The van der Waals surface area contributed by atoms with Crippen LogP contribution in [0.2, 0.25) is 0 Å². The van der Waals surface area contributed by atoms with Gasteiger partial charge in [-0.25, -0.2) is 0 Å². The maximum absolute atomic E-state index is 12.7. The van der Waals surface area contributed by atoms with E-state index < -0.39 is 0 Å². The lowest BCUT2D eigenvalue weighted by Crippen LogP contribution is -2.33. The lowest BCUT2D eigenvalue weighted by molar-refractivity contribution is -0.140. The van der Waals surface area contributed by atoms with Crippen LogP contribution in [0.3, 0.4) is 0 Å². The number of carbonyl (C=O) groups is 2. The van der Waals surface area contributed by atoms with Gasteiger partial charge >= 0.3 is 5.97 Å². The monoisotopic (exact) mass is 312 g/mol. The van der Waals surface area contributed by atoms with Crippen LogP contribution in [-0.2, 0) is 16.1 Å². The second-order valence-corrected chi connectivity index (χ2v) is 5.24. The molecular weight excluding hydrogens is 292 g/mol. The van der Waals surface area contributed by atoms with Crippen LogP contribution in [0.1, 0.15) is 28.0 Å². The van der Waals surface area contributed by atoms with Crippen molar-refractivity contribution in [2.75, 3.05) is 13.7 Å². The molecule has 0 bridgehead atoms. The lowest BCUT2D eigenvalue weighted by Gasteiger charge is -2.22. The number of rotatable bonds is 6. The van der Waals surface area contributed by atoms with Gasteiger partial charge < -0.3 is 9.64 Å². The quantitative estimate of drug-likeness (QED) is 0.769. The zero-order chi connectivity index (χ0) is 16.7. The Balaban J connectivity index is 2.15. The van der Waals surface area contributed by atoms with Crippen molar-refractivity contribution in [3.63, 3.8) is 0 Å². The molecule has 0 spiro atoms. The van der Waals surface area contributed by atoms with Gasteiger partial charge in [-0.2, -0.15) is 0 Å². The number of carbonyl (C=O) groups excluding carboxylic acids is 2. The average molecular weight is 312 g/mol. The molecule has 1 amide bonds. The Kier molecular flexibility index (Phi) is 5.86. The van der Waals surface area contributed by atoms with E-state index in [1.807, 2.05) is 37.3 Å². The van der Waals surface area contributed by atoms with Crippen LogP contribution in [0, 0.1) is 6.92 Å². The topological polar surface area (TPSA) is 59.5 Å². The van der Waals surface area contributed by atoms with E-state index in [2.05, 4.69) is 9.72 Å². The van der Waals surface area contributed by atoms with Crippen LogP contribution in [0.25, 0.3) is 0 Å². The summed E-state index contributed by atoms with van der Waals surface area (Å²) in [5.41, 5.74) is 2.46. The highest BCUT2D eigenvalue weighted by molar-refractivity contribution is 5.94. The molecule has 120 valence electrons. The minimum atomic E-state index is -0.340. The molecule has 0 saturated heterocycles. The van der Waals surface area contributed by atoms with Crippen molar-refractivity contribution in [2.45, 2.75) is 19.9 Å². The van der Waals surface area contributed by atoms with Gasteiger partial charge in [-0.3, -0.25) is 14.6 Å². The summed E-state index contributed by atoms with van der Waals surface area (Å²) >= 11 is 0. The van der Waals surface area contributed by atoms with Gasteiger partial charge in [0.1, 0.15) is 0 Å². The molecule has 0 radical (unpaired) electrons. The van der Waals surface area contributed by atoms with E-state index >= 15 is 0 Å². The Labute approximate surface area is 135 Å². The number of pyridine rings is 1. The second-order valence-electron chi connectivity index (χ2n) is 5.24. The summed E-state index contributed by atoms with van der Waals surface area (Å²) in [6.07, 6.45) is 1.84. The summed E-state index contributed by atoms with van der Waals surface area (Å²) in [4.78, 5) is 30.0. The SMILES string of the molecule is COC(=O)CCN(Cc1ccccn1)C(=O)c1ccc(C)cc1. The fraction of sp³-hybridized carbons (Fsp3) is 0.278. The summed E-state index contributed by atoms with van der Waals surface area (Å²) in [7, 11) is 1.34. The van der Waals surface area contributed by atoms with Crippen molar-refractivity contribution >= 4 is 11.9 Å². The van der Waals surface area contributed by atoms with Crippen molar-refractivity contribution in [2.24, 2.45) is 0 Å². The van der Waals surface area contributed by atoms with Crippen LogP contribution in [0.15, 0.2) is 48.7 Å². The van der Waals surface area contributed by atoms with E-state index in [1.54, 1.807) is 23.2 Å². The number of methoxy groups -OCH3 is 1. The summed E-state index contributed by atoms with van der Waals surface area (Å²) in [5.74, 6) is -0.465. The third kappa shape index (κ3) is 4.92. The fourth-order valence-corrected chi connectivity index (χ4v) is 2.15. The molecule has 23 heavy (non-hydrogen) atoms. The van der Waals surface area contributed by atoms with E-state index in [1.165, 1.54) is 7.11 Å². The first-order valence-electron chi connectivity index (χ1n) is 7.43. The Hall–Kier alpha value is -2.69. The number of ether oxygens (including phenoxy) is 1. The number of nitrogens with zero attached hydrogens (tertiary/aromatic N) is 2. The average Bonchev–Trinajstić information content (AvgIpc) is 2.59. The van der Waals surface area contributed by atoms with Crippen LogP contribution in [0.4, 0.5) is 0 Å². The number of aryl methyl sites for hydroxylation is 1. The van der Waals surface area contributed by atoms with Crippen molar-refractivity contribution in [3.05, 3.63) is 65.5 Å². The molecule has 1 heterocycles. The van der Waals surface area contributed by atoms with Crippen LogP contribution >= 0.6 is 0 Å². The molecular formula is C18H20N2O3. The number of aromatic nitrogens is 1. The highest BCUT2D eigenvalue weighted by atomic mass is 16.5. The van der Waals surface area contributed by atoms with Gasteiger partial charge in [0.2, 0.25) is 0 Å². The molecule has 0 aliphatic carbocycles. The van der Waals surface area contributed by atoms with Crippen molar-refractivity contribution < 1.29 is 14.3 Å². The molecule has 1 aromatic heterocycles. The molecule has 0 atom stereocenters. The smallest absolute Gasteiger partial charge is 0.307 e. The zero-order valence-electron chi connectivity index (χ0n) is 13.4. The molecule has 5 nitrogen and oxygen atoms in total. The maximum Gasteiger partial charge on any atom is 0.307 e. The summed E-state index contributed by atoms with van der Waals surface area (Å²) in [6, 6.07) is 12.9. The first-order valence-corrected chi connectivity index (χ1v) is 7.43. The van der Waals surface area contributed by atoms with Crippen molar-refractivity contribution in [1.82, 2.24) is 9.88 Å². The molecule has 2 aromatic rings. The van der Waals surface area contributed by atoms with Gasteiger partial charge in [-0.05, 0) is 31.2 Å². The van der Waals surface area contributed by atoms with Gasteiger partial charge in [0.15, 0.2) is 0 Å². The number of esters is 1. The minimum absolute atomic E-state index is 0.125. The van der Waals surface area contributed by atoms with E-state index in [0.717, 1.165) is 11.3 Å². The predicted octanol–water partition coefficient (Wildman–Crippen LogP) is 2.60. The van der Waals surface area contributed by atoms with E-state index in [0.29, 0.717) is 12.1 Å². The maximum atomic E-state index is 12.7. The molecule has 5 heteroatoms. The summed E-state index contributed by atoms with van der Waals surface area (Å²) < 4.78 is 4.66. The van der Waals surface area contributed by atoms with Gasteiger partial charge in [-0.1, -0.05) is 23.8 Å². The van der Waals surface area contributed by atoms with Gasteiger partial charge in [-0.15, -0.1) is 0 Å². The van der Waals surface area contributed by atoms with Crippen molar-refractivity contribution in [1.29, 1.82) is 0 Å². The van der Waals surface area contributed by atoms with Gasteiger partial charge in [0.25, 0.3) is 5.91 Å². The molecule has 2 rings (SSSR count). The summed E-state index contributed by atoms with van der Waals surface area (Å²) in [6.45, 7) is 2.61. The standard InChI is InChI=1S/C18H20N2O3/c1-14-6-8-15(9-7-14)18(22)20(12-10-17(21)23-2)13-16-5-3-4-11-19-16/h3-9,11H,10,12-13H2,1-2H3. The molecule has 1 aromatic carbocycles. The first kappa shape index (κ1) is 16.7. The number of benzene rings is 1. The molecule has 0 fully saturated rings. The Morgan fingerprint density at radius 2 is 1.87 bits per heavy atom. The number of hydrogen-bond donors (Lipinski definition) is 0. The molecule has 0 aliphatic heterocycles. The van der Waals surface area contributed by atoms with Gasteiger partial charge in [0.05, 0.1) is 25.8 Å². The van der Waals surface area contributed by atoms with Crippen LogP contribution < -0.4 is 0 Å². The van der Waals surface area contributed by atoms with E-state index in [9.17, 15) is 9.59 Å². The number of amides is 1. The largest absolute Gasteiger partial charge is 0.469 e. The highest BCUT2D eigenvalue weighted by Gasteiger charge is 2.18.